The number of aromatic nitrogens is 2. The van der Waals surface area contributed by atoms with Gasteiger partial charge in [0.2, 0.25) is 0 Å². The fourth-order valence-corrected chi connectivity index (χ4v) is 2.76. The van der Waals surface area contributed by atoms with E-state index in [-0.39, 0.29) is 5.54 Å². The molecule has 1 N–H and O–H groups in total. The van der Waals surface area contributed by atoms with E-state index in [1.165, 1.54) is 0 Å². The monoisotopic (exact) mass is 291 g/mol. The first-order valence-electron chi connectivity index (χ1n) is 7.90. The second kappa shape index (κ2) is 6.18. The summed E-state index contributed by atoms with van der Waals surface area (Å²) in [6.45, 7) is 14.9. The number of nitrogens with zero attached hydrogens (tertiary/aromatic N) is 4. The third-order valence-corrected chi connectivity index (χ3v) is 4.39. The highest BCUT2D eigenvalue weighted by molar-refractivity contribution is 5.59. The van der Waals surface area contributed by atoms with Gasteiger partial charge >= 0.3 is 0 Å². The minimum Gasteiger partial charge on any atom is -0.370 e. The van der Waals surface area contributed by atoms with Gasteiger partial charge in [0.25, 0.3) is 0 Å². The minimum absolute atomic E-state index is 0.167. The summed E-state index contributed by atoms with van der Waals surface area (Å²) in [5, 5.41) is 3.42. The van der Waals surface area contributed by atoms with Crippen molar-refractivity contribution in [1.82, 2.24) is 14.9 Å². The summed E-state index contributed by atoms with van der Waals surface area (Å²) in [6.07, 6.45) is 1.10. The Labute approximate surface area is 128 Å². The van der Waals surface area contributed by atoms with Crippen LogP contribution in [0.5, 0.6) is 0 Å². The molecule has 1 aromatic rings. The minimum atomic E-state index is 0.167. The first-order chi connectivity index (χ1) is 9.85. The van der Waals surface area contributed by atoms with Gasteiger partial charge in [-0.3, -0.25) is 4.90 Å². The van der Waals surface area contributed by atoms with Gasteiger partial charge < -0.3 is 10.2 Å². The van der Waals surface area contributed by atoms with E-state index in [0.717, 1.165) is 55.6 Å². The molecule has 5 nitrogen and oxygen atoms in total. The summed E-state index contributed by atoms with van der Waals surface area (Å²) in [4.78, 5) is 14.1. The van der Waals surface area contributed by atoms with Crippen molar-refractivity contribution < 1.29 is 0 Å². The average Bonchev–Trinajstić information content (AvgIpc) is 2.42. The van der Waals surface area contributed by atoms with Crippen LogP contribution in [0.3, 0.4) is 0 Å². The SMILES string of the molecule is CCCNc1nc(C)nc(N2CCN(C)C(C)(C)C2)c1C. The molecule has 21 heavy (non-hydrogen) atoms. The molecule has 2 heterocycles. The molecule has 0 bridgehead atoms. The van der Waals surface area contributed by atoms with E-state index in [1.54, 1.807) is 0 Å². The summed E-state index contributed by atoms with van der Waals surface area (Å²) < 4.78 is 0. The summed E-state index contributed by atoms with van der Waals surface area (Å²) in [7, 11) is 2.20. The first kappa shape index (κ1) is 16.0. The van der Waals surface area contributed by atoms with Crippen molar-refractivity contribution in [2.45, 2.75) is 46.6 Å². The van der Waals surface area contributed by atoms with Crippen LogP contribution in [0.25, 0.3) is 0 Å². The molecular formula is C16H29N5. The summed E-state index contributed by atoms with van der Waals surface area (Å²) in [5.41, 5.74) is 1.33. The van der Waals surface area contributed by atoms with Gasteiger partial charge in [-0.05, 0) is 41.2 Å². The number of anilines is 2. The molecule has 0 aliphatic carbocycles. The first-order valence-corrected chi connectivity index (χ1v) is 7.90. The van der Waals surface area contributed by atoms with Gasteiger partial charge in [-0.2, -0.15) is 0 Å². The Balaban J connectivity index is 2.29. The normalized spacial score (nSPS) is 18.9. The molecule has 0 aromatic carbocycles. The van der Waals surface area contributed by atoms with Gasteiger partial charge in [0.05, 0.1) is 0 Å². The van der Waals surface area contributed by atoms with Crippen molar-refractivity contribution >= 4 is 11.6 Å². The molecule has 0 spiro atoms. The van der Waals surface area contributed by atoms with Crippen molar-refractivity contribution in [3.8, 4) is 0 Å². The van der Waals surface area contributed by atoms with Crippen molar-refractivity contribution in [3.05, 3.63) is 11.4 Å². The maximum atomic E-state index is 4.71. The summed E-state index contributed by atoms with van der Waals surface area (Å²) >= 11 is 0. The quantitative estimate of drug-likeness (QED) is 0.923. The molecule has 1 aliphatic rings. The lowest BCUT2D eigenvalue weighted by atomic mass is 9.99. The number of likely N-dealkylation sites (N-methyl/N-ethyl adjacent to an activating group) is 1. The number of rotatable bonds is 4. The second-order valence-corrected chi connectivity index (χ2v) is 6.65. The van der Waals surface area contributed by atoms with E-state index in [2.05, 4.69) is 54.8 Å². The molecule has 1 saturated heterocycles. The zero-order chi connectivity index (χ0) is 15.6. The number of piperazine rings is 1. The van der Waals surface area contributed by atoms with Gasteiger partial charge in [0, 0.05) is 37.3 Å². The van der Waals surface area contributed by atoms with Gasteiger partial charge in [0.15, 0.2) is 0 Å². The molecule has 5 heteroatoms. The van der Waals surface area contributed by atoms with Gasteiger partial charge in [-0.1, -0.05) is 6.92 Å². The van der Waals surface area contributed by atoms with E-state index in [1.807, 2.05) is 6.92 Å². The predicted octanol–water partition coefficient (Wildman–Crippen LogP) is 2.45. The average molecular weight is 291 g/mol. The van der Waals surface area contributed by atoms with Crippen molar-refractivity contribution in [1.29, 1.82) is 0 Å². The zero-order valence-corrected chi connectivity index (χ0v) is 14.3. The largest absolute Gasteiger partial charge is 0.370 e. The van der Waals surface area contributed by atoms with Crippen LogP contribution in [-0.2, 0) is 0 Å². The van der Waals surface area contributed by atoms with Crippen LogP contribution in [0, 0.1) is 13.8 Å². The van der Waals surface area contributed by atoms with Gasteiger partial charge in [0.1, 0.15) is 17.5 Å². The van der Waals surface area contributed by atoms with Crippen LogP contribution in [0.15, 0.2) is 0 Å². The lowest BCUT2D eigenvalue weighted by molar-refractivity contribution is 0.138. The topological polar surface area (TPSA) is 44.3 Å². The van der Waals surface area contributed by atoms with Crippen LogP contribution in [0.1, 0.15) is 38.6 Å². The Hall–Kier alpha value is -1.36. The standard InChI is InChI=1S/C16H29N5/c1-7-8-17-14-12(2)15(19-13(3)18-14)21-10-9-20(6)16(4,5)11-21/h7-11H2,1-6H3,(H,17,18,19). The molecule has 0 saturated carbocycles. The fourth-order valence-electron chi connectivity index (χ4n) is 2.76. The predicted molar refractivity (Wildman–Crippen MR) is 89.2 cm³/mol. The highest BCUT2D eigenvalue weighted by Gasteiger charge is 2.32. The lowest BCUT2D eigenvalue weighted by Crippen LogP contribution is -2.58. The third-order valence-electron chi connectivity index (χ3n) is 4.39. The molecule has 0 unspecified atom stereocenters. The lowest BCUT2D eigenvalue weighted by Gasteiger charge is -2.46. The number of aryl methyl sites for hydroxylation is 1. The van der Waals surface area contributed by atoms with Crippen molar-refractivity contribution in [2.75, 3.05) is 43.4 Å². The molecule has 1 aliphatic heterocycles. The van der Waals surface area contributed by atoms with Crippen molar-refractivity contribution in [3.63, 3.8) is 0 Å². The fraction of sp³-hybridized carbons (Fsp3) is 0.750. The maximum Gasteiger partial charge on any atom is 0.137 e. The summed E-state index contributed by atoms with van der Waals surface area (Å²) in [5.74, 6) is 2.91. The Bertz CT molecular complexity index is 498. The number of nitrogens with one attached hydrogen (secondary N) is 1. The Morgan fingerprint density at radius 1 is 1.19 bits per heavy atom. The molecule has 0 atom stereocenters. The molecule has 0 radical (unpaired) electrons. The van der Waals surface area contributed by atoms with Gasteiger partial charge in [-0.25, -0.2) is 9.97 Å². The van der Waals surface area contributed by atoms with E-state index in [9.17, 15) is 0 Å². The Kier molecular flexibility index (Phi) is 4.71. The number of hydrogen-bond acceptors (Lipinski definition) is 5. The molecule has 1 aromatic heterocycles. The molecule has 1 fully saturated rings. The van der Waals surface area contributed by atoms with E-state index in [4.69, 9.17) is 4.98 Å². The van der Waals surface area contributed by atoms with E-state index >= 15 is 0 Å². The molecule has 2 rings (SSSR count). The molecule has 0 amide bonds. The second-order valence-electron chi connectivity index (χ2n) is 6.65. The molecule has 118 valence electrons. The highest BCUT2D eigenvalue weighted by atomic mass is 15.3. The highest BCUT2D eigenvalue weighted by Crippen LogP contribution is 2.28. The van der Waals surface area contributed by atoms with Crippen LogP contribution >= 0.6 is 0 Å². The smallest absolute Gasteiger partial charge is 0.137 e. The summed E-state index contributed by atoms with van der Waals surface area (Å²) in [6, 6.07) is 0. The van der Waals surface area contributed by atoms with E-state index in [0.29, 0.717) is 0 Å². The van der Waals surface area contributed by atoms with Crippen LogP contribution in [0.2, 0.25) is 0 Å². The maximum absolute atomic E-state index is 4.71. The van der Waals surface area contributed by atoms with Gasteiger partial charge in [-0.15, -0.1) is 0 Å². The zero-order valence-electron chi connectivity index (χ0n) is 14.3. The Morgan fingerprint density at radius 2 is 1.90 bits per heavy atom. The van der Waals surface area contributed by atoms with Crippen LogP contribution in [-0.4, -0.2) is 53.6 Å². The van der Waals surface area contributed by atoms with Crippen LogP contribution in [0.4, 0.5) is 11.6 Å². The van der Waals surface area contributed by atoms with E-state index < -0.39 is 0 Å². The third kappa shape index (κ3) is 3.46. The van der Waals surface area contributed by atoms with Crippen LogP contribution < -0.4 is 10.2 Å². The molecular weight excluding hydrogens is 262 g/mol. The number of hydrogen-bond donors (Lipinski definition) is 1. The van der Waals surface area contributed by atoms with Crippen molar-refractivity contribution in [2.24, 2.45) is 0 Å². The Morgan fingerprint density at radius 3 is 2.52 bits per heavy atom.